The van der Waals surface area contributed by atoms with Gasteiger partial charge in [0, 0.05) is 25.7 Å². The lowest BCUT2D eigenvalue weighted by molar-refractivity contribution is -0.141. The number of nitrogens with zero attached hydrogens (tertiary/aromatic N) is 1. The Hall–Kier alpha value is -1.63. The summed E-state index contributed by atoms with van der Waals surface area (Å²) in [4.78, 5) is 13.1. The topological polar surface area (TPSA) is 82.0 Å². The summed E-state index contributed by atoms with van der Waals surface area (Å²) in [6.07, 6.45) is 0. The minimum absolute atomic E-state index is 0.00942. The molecule has 1 heterocycles. The van der Waals surface area contributed by atoms with Crippen LogP contribution in [0, 0.1) is 0 Å². The van der Waals surface area contributed by atoms with Crippen LogP contribution in [-0.2, 0) is 11.3 Å². The normalized spacial score (nSPS) is 23.5. The molecule has 20 heavy (non-hydrogen) atoms. The first kappa shape index (κ1) is 14.8. The number of methoxy groups -OCH3 is 1. The van der Waals surface area contributed by atoms with Crippen LogP contribution in [0.4, 0.5) is 0 Å². The second kappa shape index (κ2) is 6.69. The molecular formula is C14H20N2O4. The third kappa shape index (κ3) is 3.47. The van der Waals surface area contributed by atoms with Crippen molar-refractivity contribution in [2.75, 3.05) is 26.8 Å². The molecule has 1 aromatic rings. The molecule has 0 aliphatic carbocycles. The van der Waals surface area contributed by atoms with Gasteiger partial charge in [0.25, 0.3) is 0 Å². The predicted octanol–water partition coefficient (Wildman–Crippen LogP) is -0.0855. The number of ether oxygens (including phenoxy) is 1. The first-order valence-electron chi connectivity index (χ1n) is 6.58. The molecule has 110 valence electrons. The number of aliphatic carboxylic acids is 1. The van der Waals surface area contributed by atoms with Crippen LogP contribution in [0.2, 0.25) is 0 Å². The maximum Gasteiger partial charge on any atom is 0.322 e. The van der Waals surface area contributed by atoms with Crippen LogP contribution in [0.3, 0.4) is 0 Å². The Morgan fingerprint density at radius 3 is 2.70 bits per heavy atom. The number of carbonyl (C=O) groups is 1. The van der Waals surface area contributed by atoms with Crippen molar-refractivity contribution in [2.24, 2.45) is 0 Å². The Bertz CT molecular complexity index is 449. The van der Waals surface area contributed by atoms with Crippen molar-refractivity contribution in [3.05, 3.63) is 29.8 Å². The van der Waals surface area contributed by atoms with Crippen LogP contribution in [0.15, 0.2) is 24.3 Å². The zero-order valence-electron chi connectivity index (χ0n) is 11.5. The van der Waals surface area contributed by atoms with E-state index in [2.05, 4.69) is 5.32 Å². The average molecular weight is 280 g/mol. The maximum absolute atomic E-state index is 11.1. The minimum Gasteiger partial charge on any atom is -0.497 e. The molecule has 1 aliphatic heterocycles. The Morgan fingerprint density at radius 2 is 2.15 bits per heavy atom. The largest absolute Gasteiger partial charge is 0.497 e. The van der Waals surface area contributed by atoms with Crippen LogP contribution < -0.4 is 10.1 Å². The van der Waals surface area contributed by atoms with Gasteiger partial charge in [0.2, 0.25) is 0 Å². The standard InChI is InChI=1S/C14H20N2O4/c1-20-12-4-2-10(3-5-12)7-16-8-13(14(18)19)15-6-11(16)9-17/h2-5,11,13,15,17H,6-9H2,1H3,(H,18,19). The van der Waals surface area contributed by atoms with E-state index in [0.717, 1.165) is 11.3 Å². The minimum atomic E-state index is -0.860. The molecule has 2 rings (SSSR count). The van der Waals surface area contributed by atoms with E-state index < -0.39 is 12.0 Å². The van der Waals surface area contributed by atoms with E-state index in [9.17, 15) is 9.90 Å². The van der Waals surface area contributed by atoms with Gasteiger partial charge in [-0.3, -0.25) is 9.69 Å². The van der Waals surface area contributed by atoms with Crippen molar-refractivity contribution < 1.29 is 19.7 Å². The molecule has 0 bridgehead atoms. The van der Waals surface area contributed by atoms with Gasteiger partial charge in [0.1, 0.15) is 11.8 Å². The summed E-state index contributed by atoms with van der Waals surface area (Å²) in [6, 6.07) is 7.00. The van der Waals surface area contributed by atoms with E-state index in [4.69, 9.17) is 9.84 Å². The molecule has 2 atom stereocenters. The van der Waals surface area contributed by atoms with E-state index in [-0.39, 0.29) is 12.6 Å². The van der Waals surface area contributed by atoms with Crippen LogP contribution >= 0.6 is 0 Å². The second-order valence-corrected chi connectivity index (χ2v) is 4.91. The summed E-state index contributed by atoms with van der Waals surface area (Å²) in [5.41, 5.74) is 1.07. The van der Waals surface area contributed by atoms with E-state index in [1.165, 1.54) is 0 Å². The predicted molar refractivity (Wildman–Crippen MR) is 73.7 cm³/mol. The third-order valence-electron chi connectivity index (χ3n) is 3.59. The number of hydrogen-bond donors (Lipinski definition) is 3. The molecule has 0 spiro atoms. The molecule has 6 nitrogen and oxygen atoms in total. The van der Waals surface area contributed by atoms with Crippen molar-refractivity contribution >= 4 is 5.97 Å². The molecule has 0 radical (unpaired) electrons. The first-order chi connectivity index (χ1) is 9.63. The van der Waals surface area contributed by atoms with Gasteiger partial charge in [-0.2, -0.15) is 0 Å². The SMILES string of the molecule is COc1ccc(CN2CC(C(=O)O)NCC2CO)cc1. The van der Waals surface area contributed by atoms with Crippen LogP contribution in [0.5, 0.6) is 5.75 Å². The van der Waals surface area contributed by atoms with Crippen molar-refractivity contribution in [1.82, 2.24) is 10.2 Å². The number of piperazine rings is 1. The number of hydrogen-bond acceptors (Lipinski definition) is 5. The molecule has 1 aromatic carbocycles. The fraction of sp³-hybridized carbons (Fsp3) is 0.500. The second-order valence-electron chi connectivity index (χ2n) is 4.91. The quantitative estimate of drug-likeness (QED) is 0.699. The molecule has 1 saturated heterocycles. The summed E-state index contributed by atoms with van der Waals surface area (Å²) >= 11 is 0. The number of benzene rings is 1. The molecule has 3 N–H and O–H groups in total. The number of rotatable bonds is 5. The van der Waals surface area contributed by atoms with Crippen LogP contribution in [-0.4, -0.2) is 60.0 Å². The summed E-state index contributed by atoms with van der Waals surface area (Å²) in [5.74, 6) is -0.0719. The van der Waals surface area contributed by atoms with Crippen LogP contribution in [0.1, 0.15) is 5.56 Å². The number of aliphatic hydroxyl groups excluding tert-OH is 1. The zero-order valence-corrected chi connectivity index (χ0v) is 11.5. The lowest BCUT2D eigenvalue weighted by Gasteiger charge is -2.38. The molecular weight excluding hydrogens is 260 g/mol. The Balaban J connectivity index is 2.04. The summed E-state index contributed by atoms with van der Waals surface area (Å²) in [7, 11) is 1.62. The molecule has 6 heteroatoms. The molecule has 1 fully saturated rings. The van der Waals surface area contributed by atoms with Gasteiger partial charge in [-0.05, 0) is 17.7 Å². The van der Waals surface area contributed by atoms with E-state index in [0.29, 0.717) is 19.6 Å². The van der Waals surface area contributed by atoms with Gasteiger partial charge < -0.3 is 20.3 Å². The Kier molecular flexibility index (Phi) is 4.94. The first-order valence-corrected chi connectivity index (χ1v) is 6.58. The van der Waals surface area contributed by atoms with E-state index >= 15 is 0 Å². The van der Waals surface area contributed by atoms with Crippen molar-refractivity contribution in [1.29, 1.82) is 0 Å². The number of nitrogens with one attached hydrogen (secondary N) is 1. The number of carboxylic acids is 1. The van der Waals surface area contributed by atoms with Gasteiger partial charge in [0.15, 0.2) is 0 Å². The smallest absolute Gasteiger partial charge is 0.322 e. The van der Waals surface area contributed by atoms with E-state index in [1.807, 2.05) is 29.2 Å². The van der Waals surface area contributed by atoms with Crippen molar-refractivity contribution in [3.8, 4) is 5.75 Å². The fourth-order valence-electron chi connectivity index (χ4n) is 2.36. The Morgan fingerprint density at radius 1 is 1.45 bits per heavy atom. The molecule has 1 aliphatic rings. The van der Waals surface area contributed by atoms with Gasteiger partial charge in [-0.1, -0.05) is 12.1 Å². The highest BCUT2D eigenvalue weighted by Crippen LogP contribution is 2.16. The Labute approximate surface area is 118 Å². The van der Waals surface area contributed by atoms with E-state index in [1.54, 1.807) is 7.11 Å². The molecule has 0 amide bonds. The summed E-state index contributed by atoms with van der Waals surface area (Å²) in [5, 5.41) is 21.4. The summed E-state index contributed by atoms with van der Waals surface area (Å²) < 4.78 is 5.11. The van der Waals surface area contributed by atoms with Gasteiger partial charge in [0.05, 0.1) is 13.7 Å². The third-order valence-corrected chi connectivity index (χ3v) is 3.59. The highest BCUT2D eigenvalue weighted by molar-refractivity contribution is 5.73. The highest BCUT2D eigenvalue weighted by Gasteiger charge is 2.30. The molecule has 2 unspecified atom stereocenters. The number of carboxylic acid groups (broad SMARTS) is 1. The van der Waals surface area contributed by atoms with Crippen LogP contribution in [0.25, 0.3) is 0 Å². The molecule has 0 saturated carbocycles. The van der Waals surface area contributed by atoms with Crippen molar-refractivity contribution in [2.45, 2.75) is 18.6 Å². The van der Waals surface area contributed by atoms with Gasteiger partial charge in [-0.15, -0.1) is 0 Å². The number of aliphatic hydroxyl groups is 1. The average Bonchev–Trinajstić information content (AvgIpc) is 2.48. The maximum atomic E-state index is 11.1. The highest BCUT2D eigenvalue weighted by atomic mass is 16.5. The van der Waals surface area contributed by atoms with Gasteiger partial charge >= 0.3 is 5.97 Å². The lowest BCUT2D eigenvalue weighted by Crippen LogP contribution is -2.59. The fourth-order valence-corrected chi connectivity index (χ4v) is 2.36. The lowest BCUT2D eigenvalue weighted by atomic mass is 10.1. The van der Waals surface area contributed by atoms with Crippen molar-refractivity contribution in [3.63, 3.8) is 0 Å². The molecule has 0 aromatic heterocycles. The van der Waals surface area contributed by atoms with Gasteiger partial charge in [-0.25, -0.2) is 0 Å². The summed E-state index contributed by atoms with van der Waals surface area (Å²) in [6.45, 7) is 1.48. The zero-order chi connectivity index (χ0) is 14.5. The monoisotopic (exact) mass is 280 g/mol.